The molecule has 184 valence electrons. The Labute approximate surface area is 195 Å². The molecule has 1 saturated heterocycles. The molecule has 3 rings (SSSR count). The Hall–Kier alpha value is -2.04. The minimum absolute atomic E-state index is 0.119. The Bertz CT molecular complexity index is 897. The van der Waals surface area contributed by atoms with E-state index in [9.17, 15) is 22.4 Å². The number of ether oxygens (including phenoxy) is 1. The van der Waals surface area contributed by atoms with Gasteiger partial charge < -0.3 is 15.0 Å². The van der Waals surface area contributed by atoms with Gasteiger partial charge in [-0.25, -0.2) is 17.5 Å². The highest BCUT2D eigenvalue weighted by Crippen LogP contribution is 2.20. The summed E-state index contributed by atoms with van der Waals surface area (Å²) in [6.07, 6.45) is 6.68. The van der Waals surface area contributed by atoms with Crippen molar-refractivity contribution >= 4 is 21.8 Å². The molecule has 1 aliphatic carbocycles. The highest BCUT2D eigenvalue weighted by atomic mass is 32.2. The van der Waals surface area contributed by atoms with Gasteiger partial charge in [-0.15, -0.1) is 0 Å². The molecule has 2 N–H and O–H groups in total. The van der Waals surface area contributed by atoms with E-state index in [-0.39, 0.29) is 29.5 Å². The van der Waals surface area contributed by atoms with Crippen LogP contribution in [0, 0.1) is 5.82 Å². The number of nitrogens with zero attached hydrogens (tertiary/aromatic N) is 1. The number of hydrogen-bond acceptors (Lipinski definition) is 5. The molecule has 1 saturated carbocycles. The molecule has 1 heterocycles. The number of rotatable bonds is 11. The molecule has 0 radical (unpaired) electrons. The first-order chi connectivity index (χ1) is 15.8. The number of carbonyl (C=O) groups excluding carboxylic acids is 2. The number of nitrogens with one attached hydrogen (secondary N) is 2. The molecule has 1 aromatic carbocycles. The van der Waals surface area contributed by atoms with Gasteiger partial charge in [-0.1, -0.05) is 26.2 Å². The van der Waals surface area contributed by atoms with Crippen LogP contribution in [0.4, 0.5) is 4.39 Å². The molecule has 1 aliphatic heterocycles. The fourth-order valence-electron chi connectivity index (χ4n) is 4.44. The van der Waals surface area contributed by atoms with Crippen LogP contribution in [0.3, 0.4) is 0 Å². The summed E-state index contributed by atoms with van der Waals surface area (Å²) in [6, 6.07) is 3.80. The third kappa shape index (κ3) is 7.22. The molecule has 0 spiro atoms. The summed E-state index contributed by atoms with van der Waals surface area (Å²) in [5.41, 5.74) is 0. The number of amides is 2. The molecule has 33 heavy (non-hydrogen) atoms. The van der Waals surface area contributed by atoms with Crippen LogP contribution in [0.2, 0.25) is 0 Å². The van der Waals surface area contributed by atoms with Crippen molar-refractivity contribution in [2.75, 3.05) is 19.7 Å². The summed E-state index contributed by atoms with van der Waals surface area (Å²) >= 11 is 0. The molecule has 1 aromatic rings. The molecule has 8 nitrogen and oxygen atoms in total. The molecular weight excluding hydrogens is 449 g/mol. The lowest BCUT2D eigenvalue weighted by Gasteiger charge is -2.33. The first kappa shape index (κ1) is 25.6. The number of sulfonamides is 1. The van der Waals surface area contributed by atoms with Crippen LogP contribution in [0.25, 0.3) is 0 Å². The van der Waals surface area contributed by atoms with E-state index in [1.807, 2.05) is 6.92 Å². The van der Waals surface area contributed by atoms with Crippen LogP contribution in [-0.4, -0.2) is 63.0 Å². The summed E-state index contributed by atoms with van der Waals surface area (Å²) in [5, 5.41) is 3.08. The Morgan fingerprint density at radius 2 is 1.85 bits per heavy atom. The summed E-state index contributed by atoms with van der Waals surface area (Å²) in [4.78, 5) is 27.7. The lowest BCUT2D eigenvalue weighted by Crippen LogP contribution is -2.55. The van der Waals surface area contributed by atoms with Crippen LogP contribution in [0.15, 0.2) is 29.2 Å². The average molecular weight is 484 g/mol. The summed E-state index contributed by atoms with van der Waals surface area (Å²) in [7, 11) is -4.01. The lowest BCUT2D eigenvalue weighted by molar-refractivity contribution is -0.142. The van der Waals surface area contributed by atoms with E-state index < -0.39 is 34.3 Å². The second-order valence-corrected chi connectivity index (χ2v) is 10.5. The first-order valence-electron chi connectivity index (χ1n) is 11.8. The maximum atomic E-state index is 13.2. The third-order valence-electron chi connectivity index (χ3n) is 6.22. The zero-order valence-electron chi connectivity index (χ0n) is 19.1. The van der Waals surface area contributed by atoms with Gasteiger partial charge in [0.25, 0.3) is 0 Å². The average Bonchev–Trinajstić information content (AvgIpc) is 3.49. The van der Waals surface area contributed by atoms with E-state index in [2.05, 4.69) is 10.0 Å². The number of carbonyl (C=O) groups is 2. The van der Waals surface area contributed by atoms with Gasteiger partial charge in [0.1, 0.15) is 11.9 Å². The quantitative estimate of drug-likeness (QED) is 0.503. The summed E-state index contributed by atoms with van der Waals surface area (Å²) in [6.45, 7) is 2.29. The third-order valence-corrected chi connectivity index (χ3v) is 7.64. The van der Waals surface area contributed by atoms with Gasteiger partial charge in [0, 0.05) is 19.2 Å². The summed E-state index contributed by atoms with van der Waals surface area (Å²) < 4.78 is 46.3. The largest absolute Gasteiger partial charge is 0.376 e. The Morgan fingerprint density at radius 1 is 1.15 bits per heavy atom. The van der Waals surface area contributed by atoms with Gasteiger partial charge >= 0.3 is 0 Å². The molecule has 2 aliphatic rings. The minimum Gasteiger partial charge on any atom is -0.376 e. The van der Waals surface area contributed by atoms with Gasteiger partial charge in [-0.05, 0) is 56.4 Å². The van der Waals surface area contributed by atoms with E-state index >= 15 is 0 Å². The molecule has 2 fully saturated rings. The molecule has 2 atom stereocenters. The van der Waals surface area contributed by atoms with Gasteiger partial charge in [0.15, 0.2) is 0 Å². The molecule has 0 unspecified atom stereocenters. The predicted octanol–water partition coefficient (Wildman–Crippen LogP) is 2.34. The zero-order chi connectivity index (χ0) is 23.8. The van der Waals surface area contributed by atoms with Gasteiger partial charge in [0.2, 0.25) is 21.8 Å². The Kier molecular flexibility index (Phi) is 9.22. The fraction of sp³-hybridized carbons (Fsp3) is 0.652. The Morgan fingerprint density at radius 3 is 2.45 bits per heavy atom. The second kappa shape index (κ2) is 11.9. The molecule has 0 aromatic heterocycles. The second-order valence-electron chi connectivity index (χ2n) is 8.75. The van der Waals surface area contributed by atoms with Gasteiger partial charge in [0.05, 0.1) is 17.5 Å². The highest BCUT2D eigenvalue weighted by molar-refractivity contribution is 7.89. The molecule has 10 heteroatoms. The Balaban J connectivity index is 1.73. The lowest BCUT2D eigenvalue weighted by atomic mass is 10.1. The summed E-state index contributed by atoms with van der Waals surface area (Å²) in [5.74, 6) is -1.24. The SMILES string of the molecule is CCC[C@@H](C(=O)NC1CCCC1)N(C[C@H]1CCCO1)C(=O)CNS(=O)(=O)c1ccc(F)cc1. The zero-order valence-corrected chi connectivity index (χ0v) is 19.9. The maximum Gasteiger partial charge on any atom is 0.243 e. The first-order valence-corrected chi connectivity index (χ1v) is 13.2. The van der Waals surface area contributed by atoms with Crippen molar-refractivity contribution in [3.8, 4) is 0 Å². The van der Waals surface area contributed by atoms with E-state index in [4.69, 9.17) is 4.74 Å². The van der Waals surface area contributed by atoms with Crippen molar-refractivity contribution in [1.29, 1.82) is 0 Å². The van der Waals surface area contributed by atoms with Crippen molar-refractivity contribution in [3.63, 3.8) is 0 Å². The van der Waals surface area contributed by atoms with E-state index in [1.165, 1.54) is 4.90 Å². The van der Waals surface area contributed by atoms with Crippen molar-refractivity contribution in [2.24, 2.45) is 0 Å². The van der Waals surface area contributed by atoms with Crippen molar-refractivity contribution < 1.29 is 27.1 Å². The van der Waals surface area contributed by atoms with Crippen LogP contribution >= 0.6 is 0 Å². The monoisotopic (exact) mass is 483 g/mol. The fourth-order valence-corrected chi connectivity index (χ4v) is 5.41. The number of halogens is 1. The minimum atomic E-state index is -4.01. The number of hydrogen-bond donors (Lipinski definition) is 2. The molecule has 0 bridgehead atoms. The van der Waals surface area contributed by atoms with Crippen molar-refractivity contribution in [3.05, 3.63) is 30.1 Å². The normalized spacial score (nSPS) is 20.0. The van der Waals surface area contributed by atoms with Crippen LogP contribution in [-0.2, 0) is 24.3 Å². The van der Waals surface area contributed by atoms with E-state index in [1.54, 1.807) is 0 Å². The van der Waals surface area contributed by atoms with Crippen LogP contribution < -0.4 is 10.0 Å². The maximum absolute atomic E-state index is 13.2. The highest BCUT2D eigenvalue weighted by Gasteiger charge is 2.34. The molecular formula is C23H34FN3O5S. The number of benzene rings is 1. The van der Waals surface area contributed by atoms with Gasteiger partial charge in [-0.3, -0.25) is 9.59 Å². The van der Waals surface area contributed by atoms with Gasteiger partial charge in [-0.2, -0.15) is 0 Å². The standard InChI is InChI=1S/C23H34FN3O5S/c1-2-6-21(23(29)26-18-7-3-4-8-18)27(16-19-9-5-14-32-19)22(28)15-25-33(30,31)20-12-10-17(24)11-13-20/h10-13,18-19,21,25H,2-9,14-16H2,1H3,(H,26,29)/t19-,21+/m1/s1. The topological polar surface area (TPSA) is 105 Å². The smallest absolute Gasteiger partial charge is 0.243 e. The van der Waals surface area contributed by atoms with Crippen molar-refractivity contribution in [1.82, 2.24) is 14.9 Å². The predicted molar refractivity (Wildman–Crippen MR) is 121 cm³/mol. The van der Waals surface area contributed by atoms with E-state index in [0.29, 0.717) is 19.4 Å². The van der Waals surface area contributed by atoms with Crippen LogP contribution in [0.1, 0.15) is 58.3 Å². The van der Waals surface area contributed by atoms with Crippen LogP contribution in [0.5, 0.6) is 0 Å². The van der Waals surface area contributed by atoms with Crippen molar-refractivity contribution in [2.45, 2.75) is 81.4 Å². The molecule has 2 amide bonds. The van der Waals surface area contributed by atoms with E-state index in [0.717, 1.165) is 62.8 Å².